The molecule has 2 nitrogen and oxygen atoms in total. The van der Waals surface area contributed by atoms with Crippen molar-refractivity contribution in [3.8, 4) is 5.75 Å². The van der Waals surface area contributed by atoms with Gasteiger partial charge in [-0.1, -0.05) is 6.07 Å². The van der Waals surface area contributed by atoms with Crippen LogP contribution < -0.4 is 4.74 Å². The highest BCUT2D eigenvalue weighted by molar-refractivity contribution is 7.98. The van der Waals surface area contributed by atoms with Crippen LogP contribution in [0.1, 0.15) is 24.2 Å². The van der Waals surface area contributed by atoms with Crippen LogP contribution in [-0.2, 0) is 5.75 Å². The first-order valence-corrected chi connectivity index (χ1v) is 5.98. The SMILES string of the molecule is CCOc1ccc2c(c1)[C@H](O)CSC2. The van der Waals surface area contributed by atoms with E-state index in [1.165, 1.54) is 5.56 Å². The summed E-state index contributed by atoms with van der Waals surface area (Å²) in [5, 5.41) is 9.78. The lowest BCUT2D eigenvalue weighted by Gasteiger charge is -2.21. The highest BCUT2D eigenvalue weighted by Gasteiger charge is 2.18. The summed E-state index contributed by atoms with van der Waals surface area (Å²) < 4.78 is 5.40. The number of rotatable bonds is 2. The lowest BCUT2D eigenvalue weighted by molar-refractivity contribution is 0.201. The number of fused-ring (bicyclic) bond motifs is 1. The van der Waals surface area contributed by atoms with E-state index in [0.29, 0.717) is 6.61 Å². The van der Waals surface area contributed by atoms with Gasteiger partial charge in [-0.3, -0.25) is 0 Å². The molecule has 0 saturated heterocycles. The Hall–Kier alpha value is -0.670. The lowest BCUT2D eigenvalue weighted by atomic mass is 10.0. The van der Waals surface area contributed by atoms with Crippen molar-refractivity contribution in [2.45, 2.75) is 18.8 Å². The zero-order chi connectivity index (χ0) is 9.97. The second-order valence-corrected chi connectivity index (χ2v) is 4.35. The van der Waals surface area contributed by atoms with Gasteiger partial charge in [0.1, 0.15) is 5.75 Å². The minimum absolute atomic E-state index is 0.329. The van der Waals surface area contributed by atoms with E-state index in [4.69, 9.17) is 4.74 Å². The summed E-state index contributed by atoms with van der Waals surface area (Å²) in [5.74, 6) is 2.65. The maximum absolute atomic E-state index is 9.78. The molecule has 0 saturated carbocycles. The van der Waals surface area contributed by atoms with E-state index in [0.717, 1.165) is 22.8 Å². The predicted molar refractivity (Wildman–Crippen MR) is 58.7 cm³/mol. The molecule has 3 heteroatoms. The fourth-order valence-corrected chi connectivity index (χ4v) is 2.64. The number of aliphatic hydroxyl groups excluding tert-OH is 1. The van der Waals surface area contributed by atoms with E-state index in [1.54, 1.807) is 11.8 Å². The molecule has 0 spiro atoms. The van der Waals surface area contributed by atoms with Gasteiger partial charge in [-0.05, 0) is 30.2 Å². The Labute approximate surface area is 88.3 Å². The van der Waals surface area contributed by atoms with Crippen LogP contribution >= 0.6 is 11.8 Å². The Morgan fingerprint density at radius 2 is 2.43 bits per heavy atom. The lowest BCUT2D eigenvalue weighted by Crippen LogP contribution is -2.10. The molecule has 0 amide bonds. The molecule has 0 unspecified atom stereocenters. The monoisotopic (exact) mass is 210 g/mol. The van der Waals surface area contributed by atoms with Gasteiger partial charge in [0.25, 0.3) is 0 Å². The van der Waals surface area contributed by atoms with Crippen molar-refractivity contribution in [2.75, 3.05) is 12.4 Å². The number of aliphatic hydroxyl groups is 1. The van der Waals surface area contributed by atoms with Crippen molar-refractivity contribution in [1.29, 1.82) is 0 Å². The van der Waals surface area contributed by atoms with E-state index in [1.807, 2.05) is 19.1 Å². The van der Waals surface area contributed by atoms with E-state index < -0.39 is 0 Å². The van der Waals surface area contributed by atoms with Gasteiger partial charge in [-0.2, -0.15) is 11.8 Å². The summed E-state index contributed by atoms with van der Waals surface area (Å²) in [4.78, 5) is 0. The molecule has 1 aliphatic rings. The summed E-state index contributed by atoms with van der Waals surface area (Å²) in [6.07, 6.45) is -0.329. The first-order valence-electron chi connectivity index (χ1n) is 4.82. The van der Waals surface area contributed by atoms with Gasteiger partial charge < -0.3 is 9.84 Å². The summed E-state index contributed by atoms with van der Waals surface area (Å²) >= 11 is 1.77. The molecular formula is C11H14O2S. The van der Waals surface area contributed by atoms with Crippen LogP contribution in [-0.4, -0.2) is 17.5 Å². The van der Waals surface area contributed by atoms with Gasteiger partial charge in [-0.25, -0.2) is 0 Å². The summed E-state index contributed by atoms with van der Waals surface area (Å²) in [7, 11) is 0. The van der Waals surface area contributed by atoms with Crippen molar-refractivity contribution in [2.24, 2.45) is 0 Å². The van der Waals surface area contributed by atoms with Crippen molar-refractivity contribution in [1.82, 2.24) is 0 Å². The molecule has 1 aromatic rings. The topological polar surface area (TPSA) is 29.5 Å². The van der Waals surface area contributed by atoms with Gasteiger partial charge in [0.2, 0.25) is 0 Å². The predicted octanol–water partition coefficient (Wildman–Crippen LogP) is 2.37. The van der Waals surface area contributed by atoms with Gasteiger partial charge >= 0.3 is 0 Å². The molecule has 1 aromatic carbocycles. The first kappa shape index (κ1) is 9.87. The summed E-state index contributed by atoms with van der Waals surface area (Å²) in [6.45, 7) is 2.63. The number of ether oxygens (including phenoxy) is 1. The zero-order valence-electron chi connectivity index (χ0n) is 8.19. The first-order chi connectivity index (χ1) is 6.81. The Morgan fingerprint density at radius 1 is 1.57 bits per heavy atom. The van der Waals surface area contributed by atoms with Crippen LogP contribution in [0.3, 0.4) is 0 Å². The molecule has 0 bridgehead atoms. The van der Waals surface area contributed by atoms with Crippen molar-refractivity contribution in [3.63, 3.8) is 0 Å². The fraction of sp³-hybridized carbons (Fsp3) is 0.455. The normalized spacial score (nSPS) is 20.3. The summed E-state index contributed by atoms with van der Waals surface area (Å²) in [5.41, 5.74) is 2.27. The van der Waals surface area contributed by atoms with E-state index in [9.17, 15) is 5.11 Å². The third-order valence-electron chi connectivity index (χ3n) is 2.32. The van der Waals surface area contributed by atoms with Gasteiger partial charge in [0.15, 0.2) is 0 Å². The third-order valence-corrected chi connectivity index (χ3v) is 3.39. The highest BCUT2D eigenvalue weighted by atomic mass is 32.2. The number of hydrogen-bond acceptors (Lipinski definition) is 3. The maximum atomic E-state index is 9.78. The van der Waals surface area contributed by atoms with Gasteiger partial charge in [-0.15, -0.1) is 0 Å². The van der Waals surface area contributed by atoms with E-state index >= 15 is 0 Å². The van der Waals surface area contributed by atoms with Crippen molar-refractivity contribution < 1.29 is 9.84 Å². The maximum Gasteiger partial charge on any atom is 0.119 e. The minimum Gasteiger partial charge on any atom is -0.494 e. The van der Waals surface area contributed by atoms with Gasteiger partial charge in [0, 0.05) is 11.5 Å². The van der Waals surface area contributed by atoms with Crippen LogP contribution in [0.2, 0.25) is 0 Å². The fourth-order valence-electron chi connectivity index (χ4n) is 1.64. The van der Waals surface area contributed by atoms with Crippen molar-refractivity contribution in [3.05, 3.63) is 29.3 Å². The zero-order valence-corrected chi connectivity index (χ0v) is 9.01. The average Bonchev–Trinajstić information content (AvgIpc) is 2.20. The molecular weight excluding hydrogens is 196 g/mol. The smallest absolute Gasteiger partial charge is 0.119 e. The second kappa shape index (κ2) is 4.24. The second-order valence-electron chi connectivity index (χ2n) is 3.32. The molecule has 0 aromatic heterocycles. The Balaban J connectivity index is 2.31. The Morgan fingerprint density at radius 3 is 3.21 bits per heavy atom. The van der Waals surface area contributed by atoms with E-state index in [-0.39, 0.29) is 6.10 Å². The molecule has 76 valence electrons. The number of thioether (sulfide) groups is 1. The molecule has 1 aliphatic heterocycles. The Bertz CT molecular complexity index is 325. The van der Waals surface area contributed by atoms with Gasteiger partial charge in [0.05, 0.1) is 12.7 Å². The molecule has 2 rings (SSSR count). The summed E-state index contributed by atoms with van der Waals surface area (Å²) in [6, 6.07) is 5.99. The number of benzene rings is 1. The minimum atomic E-state index is -0.329. The van der Waals surface area contributed by atoms with Crippen LogP contribution in [0.5, 0.6) is 5.75 Å². The molecule has 0 fully saturated rings. The Kier molecular flexibility index (Phi) is 2.99. The van der Waals surface area contributed by atoms with Crippen molar-refractivity contribution >= 4 is 11.8 Å². The molecule has 0 aliphatic carbocycles. The largest absolute Gasteiger partial charge is 0.494 e. The molecule has 1 atom stereocenters. The molecule has 1 N–H and O–H groups in total. The average molecular weight is 210 g/mol. The quantitative estimate of drug-likeness (QED) is 0.812. The highest BCUT2D eigenvalue weighted by Crippen LogP contribution is 2.33. The van der Waals surface area contributed by atoms with Crippen LogP contribution in [0.25, 0.3) is 0 Å². The third kappa shape index (κ3) is 1.88. The van der Waals surface area contributed by atoms with E-state index in [2.05, 4.69) is 6.07 Å². The van der Waals surface area contributed by atoms with Crippen LogP contribution in [0.15, 0.2) is 18.2 Å². The van der Waals surface area contributed by atoms with Crippen LogP contribution in [0, 0.1) is 0 Å². The number of hydrogen-bond donors (Lipinski definition) is 1. The molecule has 14 heavy (non-hydrogen) atoms. The molecule has 1 heterocycles. The standard InChI is InChI=1S/C11H14O2S/c1-2-13-9-4-3-8-6-14-7-11(12)10(8)5-9/h3-5,11-12H,2,6-7H2,1H3/t11-/m1/s1. The molecule has 0 radical (unpaired) electrons. The van der Waals surface area contributed by atoms with Crippen LogP contribution in [0.4, 0.5) is 0 Å².